The summed E-state index contributed by atoms with van der Waals surface area (Å²) in [4.78, 5) is 0. The number of hydrogen-bond acceptors (Lipinski definition) is 0. The predicted octanol–water partition coefficient (Wildman–Crippen LogP) is 7.49. The van der Waals surface area contributed by atoms with E-state index in [2.05, 4.69) is 15.9 Å². The quantitative estimate of drug-likeness (QED) is 0.397. The molecule has 2 aromatic carbocycles. The van der Waals surface area contributed by atoms with E-state index in [4.69, 9.17) is 0 Å². The zero-order chi connectivity index (χ0) is 21.7. The van der Waals surface area contributed by atoms with Crippen molar-refractivity contribution in [2.75, 3.05) is 0 Å². The third-order valence-corrected chi connectivity index (χ3v) is 4.55. The van der Waals surface area contributed by atoms with Crippen LogP contribution in [0.4, 0.5) is 43.9 Å². The molecule has 1 atom stereocenters. The van der Waals surface area contributed by atoms with E-state index < -0.39 is 50.9 Å². The molecule has 0 saturated carbocycles. The minimum Gasteiger partial charge on any atom is -0.221 e. The molecule has 0 aromatic heterocycles. The van der Waals surface area contributed by atoms with E-state index in [1.54, 1.807) is 0 Å². The maximum absolute atomic E-state index is 15.0. The summed E-state index contributed by atoms with van der Waals surface area (Å²) in [5, 5.41) is 0. The van der Waals surface area contributed by atoms with Crippen molar-refractivity contribution < 1.29 is 43.9 Å². The molecule has 154 valence electrons. The van der Waals surface area contributed by atoms with Gasteiger partial charge < -0.3 is 0 Å². The summed E-state index contributed by atoms with van der Waals surface area (Å²) in [6.45, 7) is 1.06. The van der Waals surface area contributed by atoms with Crippen LogP contribution in [-0.4, -0.2) is 18.3 Å². The van der Waals surface area contributed by atoms with Gasteiger partial charge in [-0.05, 0) is 24.6 Å². The maximum atomic E-state index is 15.0. The second kappa shape index (κ2) is 6.93. The molecule has 0 fully saturated rings. The highest BCUT2D eigenvalue weighted by Crippen LogP contribution is 2.60. The molecule has 0 aliphatic heterocycles. The number of aryl methyl sites for hydroxylation is 1. The highest BCUT2D eigenvalue weighted by Gasteiger charge is 2.82. The van der Waals surface area contributed by atoms with Gasteiger partial charge in [0.05, 0.1) is 0 Å². The van der Waals surface area contributed by atoms with Crippen LogP contribution in [0.25, 0.3) is 11.1 Å². The monoisotopic (exact) mass is 482 g/mol. The molecular formula is C17H9BrF10. The van der Waals surface area contributed by atoms with Gasteiger partial charge >= 0.3 is 23.9 Å². The van der Waals surface area contributed by atoms with Gasteiger partial charge in [0.25, 0.3) is 0 Å². The van der Waals surface area contributed by atoms with Crippen molar-refractivity contribution in [1.29, 1.82) is 0 Å². The van der Waals surface area contributed by atoms with E-state index in [9.17, 15) is 39.5 Å². The van der Waals surface area contributed by atoms with E-state index >= 15 is 4.39 Å². The number of rotatable bonds is 3. The minimum absolute atomic E-state index is 0.194. The SMILES string of the molecule is Cc1cc(Br)c(-c2ccccc2F)c(C(F)(C(F)(F)F)C(F)(F)C(F)(F)F)c1. The molecule has 11 heteroatoms. The van der Waals surface area contributed by atoms with Crippen molar-refractivity contribution in [3.05, 3.63) is 57.8 Å². The third kappa shape index (κ3) is 3.37. The highest BCUT2D eigenvalue weighted by atomic mass is 79.9. The molecular weight excluding hydrogens is 474 g/mol. The molecule has 2 rings (SSSR count). The Bertz CT molecular complexity index is 884. The van der Waals surface area contributed by atoms with Gasteiger partial charge in [-0.1, -0.05) is 40.2 Å². The van der Waals surface area contributed by atoms with Crippen LogP contribution in [0.5, 0.6) is 0 Å². The molecule has 0 spiro atoms. The van der Waals surface area contributed by atoms with E-state index in [0.29, 0.717) is 0 Å². The lowest BCUT2D eigenvalue weighted by atomic mass is 9.82. The number of hydrogen-bond donors (Lipinski definition) is 0. The Morgan fingerprint density at radius 2 is 1.32 bits per heavy atom. The summed E-state index contributed by atoms with van der Waals surface area (Å²) in [5.74, 6) is -8.10. The Labute approximate surface area is 160 Å². The van der Waals surface area contributed by atoms with Gasteiger partial charge in [0.2, 0.25) is 0 Å². The van der Waals surface area contributed by atoms with Crippen molar-refractivity contribution in [3.8, 4) is 11.1 Å². The van der Waals surface area contributed by atoms with Gasteiger partial charge in [0, 0.05) is 21.2 Å². The molecule has 0 aliphatic carbocycles. The Hall–Kier alpha value is -1.78. The zero-order valence-corrected chi connectivity index (χ0v) is 15.2. The molecule has 0 N–H and O–H groups in total. The second-order valence-electron chi connectivity index (χ2n) is 5.88. The Morgan fingerprint density at radius 1 is 0.786 bits per heavy atom. The lowest BCUT2D eigenvalue weighted by molar-refractivity contribution is -0.389. The molecule has 0 radical (unpaired) electrons. The average molecular weight is 483 g/mol. The van der Waals surface area contributed by atoms with Crippen LogP contribution < -0.4 is 0 Å². The topological polar surface area (TPSA) is 0 Å². The first-order chi connectivity index (χ1) is 12.6. The average Bonchev–Trinajstić information content (AvgIpc) is 2.52. The molecule has 0 saturated heterocycles. The van der Waals surface area contributed by atoms with Crippen molar-refractivity contribution in [3.63, 3.8) is 0 Å². The standard InChI is InChI=1S/C17H9BrF10/c1-8-6-10(13(11(18)7-8)9-4-2-3-5-12(9)19)14(20,16(23,24)25)15(21,22)17(26,27)28/h2-7H,1H3. The molecule has 0 aliphatic rings. The van der Waals surface area contributed by atoms with Gasteiger partial charge in [-0.2, -0.15) is 35.1 Å². The van der Waals surface area contributed by atoms with Crippen LogP contribution in [0.15, 0.2) is 40.9 Å². The van der Waals surface area contributed by atoms with E-state index in [1.807, 2.05) is 0 Å². The fourth-order valence-corrected chi connectivity index (χ4v) is 3.44. The summed E-state index contributed by atoms with van der Waals surface area (Å²) < 4.78 is 135. The summed E-state index contributed by atoms with van der Waals surface area (Å²) in [6, 6.07) is 5.01. The Balaban J connectivity index is 3.04. The zero-order valence-electron chi connectivity index (χ0n) is 13.6. The molecule has 0 amide bonds. The van der Waals surface area contributed by atoms with Gasteiger partial charge in [0.1, 0.15) is 5.82 Å². The van der Waals surface area contributed by atoms with Gasteiger partial charge in [-0.3, -0.25) is 0 Å². The molecule has 1 unspecified atom stereocenters. The van der Waals surface area contributed by atoms with Crippen LogP contribution in [0.1, 0.15) is 11.1 Å². The molecule has 28 heavy (non-hydrogen) atoms. The van der Waals surface area contributed by atoms with Crippen LogP contribution in [0.3, 0.4) is 0 Å². The van der Waals surface area contributed by atoms with Crippen molar-refractivity contribution in [1.82, 2.24) is 0 Å². The van der Waals surface area contributed by atoms with Crippen LogP contribution in [-0.2, 0) is 5.67 Å². The molecule has 0 heterocycles. The molecule has 0 bridgehead atoms. The van der Waals surface area contributed by atoms with Crippen LogP contribution >= 0.6 is 15.9 Å². The Morgan fingerprint density at radius 3 is 1.79 bits per heavy atom. The lowest BCUT2D eigenvalue weighted by Crippen LogP contribution is -2.60. The van der Waals surface area contributed by atoms with Crippen molar-refractivity contribution in [2.45, 2.75) is 30.9 Å². The van der Waals surface area contributed by atoms with E-state index in [1.165, 1.54) is 0 Å². The molecule has 2 aromatic rings. The number of benzene rings is 2. The van der Waals surface area contributed by atoms with E-state index in [-0.39, 0.29) is 11.6 Å². The summed E-state index contributed by atoms with van der Waals surface area (Å²) in [7, 11) is 0. The summed E-state index contributed by atoms with van der Waals surface area (Å²) in [5.41, 5.74) is -10.4. The smallest absolute Gasteiger partial charge is 0.221 e. The fraction of sp³-hybridized carbons (Fsp3) is 0.294. The van der Waals surface area contributed by atoms with Crippen molar-refractivity contribution in [2.24, 2.45) is 0 Å². The van der Waals surface area contributed by atoms with Crippen molar-refractivity contribution >= 4 is 15.9 Å². The van der Waals surface area contributed by atoms with Gasteiger partial charge in [0.15, 0.2) is 0 Å². The van der Waals surface area contributed by atoms with Gasteiger partial charge in [-0.25, -0.2) is 8.78 Å². The largest absolute Gasteiger partial charge is 0.457 e. The lowest BCUT2D eigenvalue weighted by Gasteiger charge is -2.37. The molecule has 0 nitrogen and oxygen atoms in total. The Kier molecular flexibility index (Phi) is 5.57. The number of halogens is 11. The van der Waals surface area contributed by atoms with Crippen LogP contribution in [0, 0.1) is 12.7 Å². The van der Waals surface area contributed by atoms with Gasteiger partial charge in [-0.15, -0.1) is 0 Å². The predicted molar refractivity (Wildman–Crippen MR) is 84.1 cm³/mol. The first-order valence-electron chi connectivity index (χ1n) is 7.31. The second-order valence-corrected chi connectivity index (χ2v) is 6.73. The minimum atomic E-state index is -6.88. The summed E-state index contributed by atoms with van der Waals surface area (Å²) >= 11 is 2.72. The van der Waals surface area contributed by atoms with E-state index in [0.717, 1.165) is 37.3 Å². The first-order valence-corrected chi connectivity index (χ1v) is 8.10. The normalized spacial score (nSPS) is 15.4. The van der Waals surface area contributed by atoms with Crippen LogP contribution in [0.2, 0.25) is 0 Å². The third-order valence-electron chi connectivity index (χ3n) is 3.93. The fourth-order valence-electron chi connectivity index (χ4n) is 2.65. The maximum Gasteiger partial charge on any atom is 0.457 e. The number of alkyl halides is 9. The summed E-state index contributed by atoms with van der Waals surface area (Å²) in [6.07, 6.45) is -13.6. The first kappa shape index (κ1) is 22.5. The highest BCUT2D eigenvalue weighted by molar-refractivity contribution is 9.10.